The van der Waals surface area contributed by atoms with Crippen molar-refractivity contribution in [2.45, 2.75) is 30.0 Å². The molecule has 0 saturated heterocycles. The number of rotatable bonds is 6. The Morgan fingerprint density at radius 3 is 2.75 bits per heavy atom. The number of anilines is 2. The second-order valence-electron chi connectivity index (χ2n) is 5.74. The lowest BCUT2D eigenvalue weighted by molar-refractivity contribution is -0.274. The number of thiophene rings is 1. The van der Waals surface area contributed by atoms with Gasteiger partial charge in [-0.25, -0.2) is 13.2 Å². The quantitative estimate of drug-likeness (QED) is 0.675. The number of sulfonamides is 1. The van der Waals surface area contributed by atoms with Crippen LogP contribution in [0.25, 0.3) is 0 Å². The van der Waals surface area contributed by atoms with E-state index in [0.29, 0.717) is 5.56 Å². The smallest absolute Gasteiger partial charge is 0.464 e. The van der Waals surface area contributed by atoms with Crippen molar-refractivity contribution in [1.82, 2.24) is 0 Å². The molecule has 28 heavy (non-hydrogen) atoms. The number of esters is 1. The highest BCUT2D eigenvalue weighted by Gasteiger charge is 2.35. The summed E-state index contributed by atoms with van der Waals surface area (Å²) in [6, 6.07) is 4.07. The molecule has 0 radical (unpaired) electrons. The van der Waals surface area contributed by atoms with Crippen molar-refractivity contribution in [1.29, 1.82) is 0 Å². The summed E-state index contributed by atoms with van der Waals surface area (Å²) in [5.41, 5.74) is 0.341. The number of benzene rings is 1. The summed E-state index contributed by atoms with van der Waals surface area (Å²) < 4.78 is 74.0. The zero-order valence-electron chi connectivity index (χ0n) is 14.4. The summed E-state index contributed by atoms with van der Waals surface area (Å²) in [4.78, 5) is 12.0. The number of hydrogen-bond acceptors (Lipinski definition) is 7. The van der Waals surface area contributed by atoms with Crippen LogP contribution in [-0.4, -0.2) is 33.4 Å². The Morgan fingerprint density at radius 1 is 1.39 bits per heavy atom. The van der Waals surface area contributed by atoms with E-state index in [-0.39, 0.29) is 28.6 Å². The maximum Gasteiger partial charge on any atom is 0.573 e. The molecule has 1 atom stereocenters. The maximum absolute atomic E-state index is 12.6. The van der Waals surface area contributed by atoms with Crippen molar-refractivity contribution in [3.63, 3.8) is 0 Å². The third-order valence-electron chi connectivity index (χ3n) is 3.75. The molecule has 0 aliphatic carbocycles. The van der Waals surface area contributed by atoms with Gasteiger partial charge in [0.05, 0.1) is 18.0 Å². The molecule has 12 heteroatoms. The van der Waals surface area contributed by atoms with Crippen LogP contribution in [0.15, 0.2) is 33.9 Å². The minimum Gasteiger partial charge on any atom is -0.464 e. The van der Waals surface area contributed by atoms with Gasteiger partial charge in [0.2, 0.25) is 0 Å². The van der Waals surface area contributed by atoms with Crippen LogP contribution in [0.1, 0.15) is 12.5 Å². The molecule has 0 saturated carbocycles. The van der Waals surface area contributed by atoms with Crippen LogP contribution < -0.4 is 14.8 Å². The van der Waals surface area contributed by atoms with Gasteiger partial charge >= 0.3 is 12.3 Å². The molecule has 1 aliphatic heterocycles. The molecule has 2 heterocycles. The zero-order chi connectivity index (χ0) is 20.5. The first-order chi connectivity index (χ1) is 13.1. The first kappa shape index (κ1) is 20.3. The molecule has 0 amide bonds. The van der Waals surface area contributed by atoms with Gasteiger partial charge in [-0.2, -0.15) is 0 Å². The fourth-order valence-electron chi connectivity index (χ4n) is 2.72. The van der Waals surface area contributed by atoms with Crippen LogP contribution in [0.3, 0.4) is 0 Å². The average molecular weight is 436 g/mol. The second kappa shape index (κ2) is 7.51. The highest BCUT2D eigenvalue weighted by molar-refractivity contribution is 7.94. The molecule has 1 aliphatic rings. The standard InChI is InChI=1S/C16H15F3N2O5S2/c1-2-25-15(22)12-7-9-6-10(26-16(17,18)19)8-11(14(9)20-12)21-28(23,24)13-4-3-5-27-13/h3-6,8,12,20-21H,2,7H2,1H3. The van der Waals surface area contributed by atoms with Crippen molar-refractivity contribution in [3.8, 4) is 5.75 Å². The summed E-state index contributed by atoms with van der Waals surface area (Å²) in [5, 5.41) is 4.36. The van der Waals surface area contributed by atoms with Gasteiger partial charge in [-0.05, 0) is 30.0 Å². The summed E-state index contributed by atoms with van der Waals surface area (Å²) in [6.45, 7) is 1.75. The van der Waals surface area contributed by atoms with E-state index >= 15 is 0 Å². The Labute approximate surface area is 162 Å². The van der Waals surface area contributed by atoms with Gasteiger partial charge in [0.1, 0.15) is 16.0 Å². The minimum atomic E-state index is -4.95. The number of halogens is 3. The van der Waals surface area contributed by atoms with E-state index < -0.39 is 34.1 Å². The molecule has 152 valence electrons. The SMILES string of the molecule is CCOC(=O)C1Cc2cc(OC(F)(F)F)cc(NS(=O)(=O)c3cccs3)c2N1. The topological polar surface area (TPSA) is 93.7 Å². The monoisotopic (exact) mass is 436 g/mol. The second-order valence-corrected chi connectivity index (χ2v) is 8.60. The van der Waals surface area contributed by atoms with Crippen molar-refractivity contribution in [2.24, 2.45) is 0 Å². The highest BCUT2D eigenvalue weighted by Crippen LogP contribution is 2.40. The molecule has 0 bridgehead atoms. The maximum atomic E-state index is 12.6. The molecule has 3 rings (SSSR count). The highest BCUT2D eigenvalue weighted by atomic mass is 32.2. The molecule has 1 unspecified atom stereocenters. The molecule has 0 spiro atoms. The number of alkyl halides is 3. The Bertz CT molecular complexity index is 975. The van der Waals surface area contributed by atoms with E-state index in [1.165, 1.54) is 12.1 Å². The van der Waals surface area contributed by atoms with Crippen molar-refractivity contribution in [3.05, 3.63) is 35.2 Å². The van der Waals surface area contributed by atoms with E-state index in [9.17, 15) is 26.4 Å². The van der Waals surface area contributed by atoms with Crippen LogP contribution in [-0.2, 0) is 26.0 Å². The molecule has 1 aromatic heterocycles. The van der Waals surface area contributed by atoms with Gasteiger partial charge in [0.15, 0.2) is 0 Å². The van der Waals surface area contributed by atoms with Gasteiger partial charge in [-0.3, -0.25) is 4.72 Å². The van der Waals surface area contributed by atoms with Crippen molar-refractivity contribution >= 4 is 38.7 Å². The molecule has 2 N–H and O–H groups in total. The molecule has 1 aromatic carbocycles. The largest absolute Gasteiger partial charge is 0.573 e. The third-order valence-corrected chi connectivity index (χ3v) is 6.51. The van der Waals surface area contributed by atoms with Gasteiger partial charge in [0.25, 0.3) is 10.0 Å². The lowest BCUT2D eigenvalue weighted by atomic mass is 10.1. The minimum absolute atomic E-state index is 0.0108. The summed E-state index contributed by atoms with van der Waals surface area (Å²) in [6.07, 6.45) is -4.93. The van der Waals surface area contributed by atoms with Gasteiger partial charge < -0.3 is 14.8 Å². The van der Waals surface area contributed by atoms with Crippen molar-refractivity contribution in [2.75, 3.05) is 16.6 Å². The molecule has 0 fully saturated rings. The Morgan fingerprint density at radius 2 is 2.14 bits per heavy atom. The molecule has 7 nitrogen and oxygen atoms in total. The fraction of sp³-hybridized carbons (Fsp3) is 0.312. The van der Waals surface area contributed by atoms with Crippen LogP contribution >= 0.6 is 11.3 Å². The normalized spacial score (nSPS) is 16.2. The predicted octanol–water partition coefficient (Wildman–Crippen LogP) is 3.35. The van der Waals surface area contributed by atoms with Crippen LogP contribution in [0.4, 0.5) is 24.5 Å². The van der Waals surface area contributed by atoms with Crippen LogP contribution in [0.2, 0.25) is 0 Å². The van der Waals surface area contributed by atoms with Gasteiger partial charge in [0, 0.05) is 12.5 Å². The number of carbonyl (C=O) groups excluding carboxylic acids is 1. The van der Waals surface area contributed by atoms with Crippen LogP contribution in [0, 0.1) is 0 Å². The van der Waals surface area contributed by atoms with Crippen molar-refractivity contribution < 1.29 is 35.9 Å². The summed E-state index contributed by atoms with van der Waals surface area (Å²) in [5.74, 6) is -1.19. The lowest BCUT2D eigenvalue weighted by Gasteiger charge is -2.16. The van der Waals surface area contributed by atoms with Gasteiger partial charge in [-0.15, -0.1) is 24.5 Å². The Kier molecular flexibility index (Phi) is 5.44. The zero-order valence-corrected chi connectivity index (χ0v) is 16.0. The predicted molar refractivity (Wildman–Crippen MR) is 96.0 cm³/mol. The Hall–Kier alpha value is -2.47. The Balaban J connectivity index is 1.98. The molecule has 2 aromatic rings. The van der Waals surface area contributed by atoms with E-state index in [4.69, 9.17) is 4.74 Å². The molecular weight excluding hydrogens is 421 g/mol. The lowest BCUT2D eigenvalue weighted by Crippen LogP contribution is -2.29. The van der Waals surface area contributed by atoms with E-state index in [1.54, 1.807) is 12.3 Å². The average Bonchev–Trinajstić information content (AvgIpc) is 3.23. The number of carbonyl (C=O) groups is 1. The number of hydrogen-bond donors (Lipinski definition) is 2. The van der Waals surface area contributed by atoms with E-state index in [2.05, 4.69) is 14.8 Å². The summed E-state index contributed by atoms with van der Waals surface area (Å²) in [7, 11) is -4.02. The van der Waals surface area contributed by atoms with Crippen LogP contribution in [0.5, 0.6) is 5.75 Å². The fourth-order valence-corrected chi connectivity index (χ4v) is 4.77. The third kappa shape index (κ3) is 4.50. The number of nitrogens with one attached hydrogen (secondary N) is 2. The number of ether oxygens (including phenoxy) is 2. The first-order valence-electron chi connectivity index (χ1n) is 8.01. The number of fused-ring (bicyclic) bond motifs is 1. The molecular formula is C16H15F3N2O5S2. The van der Waals surface area contributed by atoms with E-state index in [1.807, 2.05) is 0 Å². The summed E-state index contributed by atoms with van der Waals surface area (Å²) >= 11 is 0.952. The van der Waals surface area contributed by atoms with Gasteiger partial charge in [-0.1, -0.05) is 6.07 Å². The first-order valence-corrected chi connectivity index (χ1v) is 10.4. The van der Waals surface area contributed by atoms with E-state index in [0.717, 1.165) is 23.5 Å².